The number of hydrogen-bond acceptors (Lipinski definition) is 2. The Bertz CT molecular complexity index is 372. The van der Waals surface area contributed by atoms with Crippen LogP contribution in [-0.2, 0) is 12.8 Å². The average molecular weight is 276 g/mol. The molecule has 2 nitrogen and oxygen atoms in total. The summed E-state index contributed by atoms with van der Waals surface area (Å²) < 4.78 is 11.2. The highest BCUT2D eigenvalue weighted by atomic mass is 16.5. The standard InChI is InChI=1S/C18H28O2/c1-19-17-13-16-12-10-8-6-4-3-5-7-9-11-15(17)14-18(16)20-2/h13-14H,3-12H2,1-2H3. The van der Waals surface area contributed by atoms with Gasteiger partial charge in [-0.05, 0) is 48.9 Å². The van der Waals surface area contributed by atoms with Crippen molar-refractivity contribution in [2.75, 3.05) is 14.2 Å². The zero-order chi connectivity index (χ0) is 14.2. The van der Waals surface area contributed by atoms with Crippen LogP contribution in [0.2, 0.25) is 0 Å². The van der Waals surface area contributed by atoms with Gasteiger partial charge in [0, 0.05) is 0 Å². The minimum absolute atomic E-state index is 1.04. The summed E-state index contributed by atoms with van der Waals surface area (Å²) in [4.78, 5) is 0. The third-order valence-corrected chi connectivity index (χ3v) is 4.33. The van der Waals surface area contributed by atoms with Gasteiger partial charge in [0.25, 0.3) is 0 Å². The van der Waals surface area contributed by atoms with Crippen molar-refractivity contribution in [3.63, 3.8) is 0 Å². The molecule has 0 spiro atoms. The molecule has 0 amide bonds. The summed E-state index contributed by atoms with van der Waals surface area (Å²) in [5.41, 5.74) is 2.59. The van der Waals surface area contributed by atoms with Gasteiger partial charge in [-0.25, -0.2) is 0 Å². The van der Waals surface area contributed by atoms with E-state index in [1.54, 1.807) is 14.2 Å². The van der Waals surface area contributed by atoms with Crippen LogP contribution >= 0.6 is 0 Å². The summed E-state index contributed by atoms with van der Waals surface area (Å²) in [6, 6.07) is 4.39. The van der Waals surface area contributed by atoms with Crippen molar-refractivity contribution < 1.29 is 9.47 Å². The van der Waals surface area contributed by atoms with Gasteiger partial charge in [0.15, 0.2) is 0 Å². The lowest BCUT2D eigenvalue weighted by atomic mass is 9.97. The number of fused-ring (bicyclic) bond motifs is 11. The average Bonchev–Trinajstić information content (AvgIpc) is 2.49. The minimum atomic E-state index is 1.04. The van der Waals surface area contributed by atoms with Crippen molar-refractivity contribution in [2.45, 2.75) is 64.2 Å². The SMILES string of the molecule is COc1cc2c(OC)cc1CCCCCCCCCC2. The van der Waals surface area contributed by atoms with Crippen LogP contribution in [0.4, 0.5) is 0 Å². The summed E-state index contributed by atoms with van der Waals surface area (Å²) in [5, 5.41) is 0. The highest BCUT2D eigenvalue weighted by Crippen LogP contribution is 2.31. The third-order valence-electron chi connectivity index (χ3n) is 4.33. The van der Waals surface area contributed by atoms with Gasteiger partial charge in [-0.3, -0.25) is 0 Å². The van der Waals surface area contributed by atoms with Gasteiger partial charge >= 0.3 is 0 Å². The first-order chi connectivity index (χ1) is 9.85. The van der Waals surface area contributed by atoms with Crippen molar-refractivity contribution in [3.05, 3.63) is 23.3 Å². The zero-order valence-corrected chi connectivity index (χ0v) is 13.0. The summed E-state index contributed by atoms with van der Waals surface area (Å²) in [6.45, 7) is 0. The molecule has 2 aliphatic carbocycles. The summed E-state index contributed by atoms with van der Waals surface area (Å²) in [7, 11) is 3.55. The molecule has 1 aromatic rings. The second kappa shape index (κ2) is 8.18. The Morgan fingerprint density at radius 1 is 0.600 bits per heavy atom. The van der Waals surface area contributed by atoms with E-state index in [4.69, 9.17) is 9.47 Å². The van der Waals surface area contributed by atoms with E-state index in [2.05, 4.69) is 12.1 Å². The van der Waals surface area contributed by atoms with Crippen molar-refractivity contribution in [1.29, 1.82) is 0 Å². The van der Waals surface area contributed by atoms with E-state index < -0.39 is 0 Å². The lowest BCUT2D eigenvalue weighted by molar-refractivity contribution is 0.393. The number of methoxy groups -OCH3 is 2. The first kappa shape index (κ1) is 15.2. The van der Waals surface area contributed by atoms with Crippen LogP contribution in [0.3, 0.4) is 0 Å². The van der Waals surface area contributed by atoms with Crippen LogP contribution in [0.15, 0.2) is 12.1 Å². The summed E-state index contributed by atoms with van der Waals surface area (Å²) in [6.07, 6.45) is 12.9. The molecule has 0 fully saturated rings. The number of hydrogen-bond donors (Lipinski definition) is 0. The molecule has 1 aromatic carbocycles. The van der Waals surface area contributed by atoms with Crippen LogP contribution < -0.4 is 9.47 Å². The van der Waals surface area contributed by atoms with E-state index >= 15 is 0 Å². The van der Waals surface area contributed by atoms with Crippen LogP contribution in [0, 0.1) is 0 Å². The van der Waals surface area contributed by atoms with Crippen LogP contribution in [0.25, 0.3) is 0 Å². The highest BCUT2D eigenvalue weighted by Gasteiger charge is 2.11. The number of ether oxygens (including phenoxy) is 2. The summed E-state index contributed by atoms with van der Waals surface area (Å²) in [5.74, 6) is 2.08. The second-order valence-electron chi connectivity index (χ2n) is 5.80. The molecule has 3 rings (SSSR count). The largest absolute Gasteiger partial charge is 0.496 e. The molecule has 0 saturated carbocycles. The molecule has 0 aliphatic heterocycles. The van der Waals surface area contributed by atoms with Gasteiger partial charge in [0.05, 0.1) is 14.2 Å². The van der Waals surface area contributed by atoms with E-state index in [0.29, 0.717) is 0 Å². The molecule has 0 aromatic heterocycles. The Morgan fingerprint density at radius 2 is 0.950 bits per heavy atom. The van der Waals surface area contributed by atoms with E-state index in [0.717, 1.165) is 24.3 Å². The van der Waals surface area contributed by atoms with Gasteiger partial charge in [0.1, 0.15) is 11.5 Å². The Hall–Kier alpha value is -1.18. The molecule has 2 heteroatoms. The Kier molecular flexibility index (Phi) is 6.23. The van der Waals surface area contributed by atoms with Crippen LogP contribution in [0.1, 0.15) is 62.5 Å². The van der Waals surface area contributed by atoms with Gasteiger partial charge in [0.2, 0.25) is 0 Å². The smallest absolute Gasteiger partial charge is 0.122 e. The predicted molar refractivity (Wildman–Crippen MR) is 83.9 cm³/mol. The molecule has 0 radical (unpaired) electrons. The maximum atomic E-state index is 5.58. The fraction of sp³-hybridized carbons (Fsp3) is 0.667. The third kappa shape index (κ3) is 4.16. The number of rotatable bonds is 2. The van der Waals surface area contributed by atoms with Crippen molar-refractivity contribution >= 4 is 0 Å². The predicted octanol–water partition coefficient (Wildman–Crippen LogP) is 4.92. The number of benzene rings is 1. The number of aryl methyl sites for hydroxylation is 2. The van der Waals surface area contributed by atoms with Crippen LogP contribution in [0.5, 0.6) is 11.5 Å². The molecule has 2 aliphatic rings. The lowest BCUT2D eigenvalue weighted by Gasteiger charge is -2.15. The minimum Gasteiger partial charge on any atom is -0.496 e. The summed E-state index contributed by atoms with van der Waals surface area (Å²) >= 11 is 0. The fourth-order valence-corrected chi connectivity index (χ4v) is 3.11. The van der Waals surface area contributed by atoms with E-state index in [9.17, 15) is 0 Å². The van der Waals surface area contributed by atoms with Gasteiger partial charge in [-0.15, -0.1) is 0 Å². The lowest BCUT2D eigenvalue weighted by Crippen LogP contribution is -2.00. The monoisotopic (exact) mass is 276 g/mol. The Labute approximate surface area is 123 Å². The molecular formula is C18H28O2. The molecule has 2 bridgehead atoms. The quantitative estimate of drug-likeness (QED) is 0.763. The van der Waals surface area contributed by atoms with E-state index in [-0.39, 0.29) is 0 Å². The van der Waals surface area contributed by atoms with Gasteiger partial charge in [-0.2, -0.15) is 0 Å². The maximum Gasteiger partial charge on any atom is 0.122 e. The first-order valence-electron chi connectivity index (χ1n) is 8.09. The zero-order valence-electron chi connectivity index (χ0n) is 13.0. The van der Waals surface area contributed by atoms with Gasteiger partial charge < -0.3 is 9.47 Å². The normalized spacial score (nSPS) is 17.5. The highest BCUT2D eigenvalue weighted by molar-refractivity contribution is 5.46. The second-order valence-corrected chi connectivity index (χ2v) is 5.80. The molecule has 20 heavy (non-hydrogen) atoms. The first-order valence-corrected chi connectivity index (χ1v) is 8.09. The van der Waals surface area contributed by atoms with Crippen LogP contribution in [-0.4, -0.2) is 14.2 Å². The van der Waals surface area contributed by atoms with Crippen molar-refractivity contribution in [3.8, 4) is 11.5 Å². The molecule has 0 atom stereocenters. The van der Waals surface area contributed by atoms with Gasteiger partial charge in [-0.1, -0.05) is 38.5 Å². The van der Waals surface area contributed by atoms with Crippen molar-refractivity contribution in [2.24, 2.45) is 0 Å². The maximum absolute atomic E-state index is 5.58. The molecule has 0 unspecified atom stereocenters. The molecule has 0 heterocycles. The molecular weight excluding hydrogens is 248 g/mol. The van der Waals surface area contributed by atoms with E-state index in [1.807, 2.05) is 0 Å². The fourth-order valence-electron chi connectivity index (χ4n) is 3.11. The Morgan fingerprint density at radius 3 is 1.30 bits per heavy atom. The molecule has 112 valence electrons. The molecule has 0 saturated heterocycles. The molecule has 0 N–H and O–H groups in total. The van der Waals surface area contributed by atoms with Crippen molar-refractivity contribution in [1.82, 2.24) is 0 Å². The Balaban J connectivity index is 2.21. The topological polar surface area (TPSA) is 18.5 Å². The van der Waals surface area contributed by atoms with E-state index in [1.165, 1.54) is 62.5 Å².